The quantitative estimate of drug-likeness (QED) is 0.899. The van der Waals surface area contributed by atoms with Crippen molar-refractivity contribution in [3.05, 3.63) is 24.0 Å². The van der Waals surface area contributed by atoms with Gasteiger partial charge in [-0.2, -0.15) is 0 Å². The van der Waals surface area contributed by atoms with Gasteiger partial charge in [0.15, 0.2) is 5.13 Å². The maximum Gasteiger partial charge on any atom is 0.227 e. The highest BCUT2D eigenvalue weighted by Gasteiger charge is 2.08. The summed E-state index contributed by atoms with van der Waals surface area (Å²) in [6, 6.07) is 4.26. The lowest BCUT2D eigenvalue weighted by molar-refractivity contribution is -0.119. The number of thiazole rings is 1. The van der Waals surface area contributed by atoms with E-state index in [0.29, 0.717) is 15.3 Å². The van der Waals surface area contributed by atoms with Crippen molar-refractivity contribution in [3.8, 4) is 0 Å². The predicted octanol–water partition coefficient (Wildman–Crippen LogP) is 1.90. The number of hydrogen-bond donors (Lipinski definition) is 2. The maximum absolute atomic E-state index is 13.0. The van der Waals surface area contributed by atoms with Crippen molar-refractivity contribution < 1.29 is 14.0 Å². The molecular formula is C12H12FN3O2S. The van der Waals surface area contributed by atoms with E-state index in [-0.39, 0.29) is 30.6 Å². The standard InChI is InChI=1S/C12H12FN3O2S/c1-7(17)14-5-4-11(18)16-12-15-9-3-2-8(13)6-10(9)19-12/h2-3,6H,4-5H2,1H3,(H,14,17)(H,15,16,18). The molecule has 0 aliphatic rings. The third-order valence-electron chi connectivity index (χ3n) is 2.32. The van der Waals surface area contributed by atoms with E-state index in [9.17, 15) is 14.0 Å². The monoisotopic (exact) mass is 281 g/mol. The smallest absolute Gasteiger partial charge is 0.227 e. The fourth-order valence-electron chi connectivity index (χ4n) is 1.49. The Morgan fingerprint density at radius 3 is 2.95 bits per heavy atom. The second kappa shape index (κ2) is 5.75. The van der Waals surface area contributed by atoms with Crippen LogP contribution in [-0.4, -0.2) is 23.3 Å². The number of rotatable bonds is 4. The summed E-state index contributed by atoms with van der Waals surface area (Å²) in [5, 5.41) is 5.57. The molecule has 7 heteroatoms. The van der Waals surface area contributed by atoms with Gasteiger partial charge < -0.3 is 10.6 Å². The van der Waals surface area contributed by atoms with Gasteiger partial charge in [0.25, 0.3) is 0 Å². The Balaban J connectivity index is 1.97. The molecule has 19 heavy (non-hydrogen) atoms. The summed E-state index contributed by atoms with van der Waals surface area (Å²) in [6.07, 6.45) is 0.171. The average molecular weight is 281 g/mol. The first-order valence-electron chi connectivity index (χ1n) is 5.65. The largest absolute Gasteiger partial charge is 0.356 e. The molecule has 1 heterocycles. The Hall–Kier alpha value is -2.02. The van der Waals surface area contributed by atoms with Crippen LogP contribution < -0.4 is 10.6 Å². The van der Waals surface area contributed by atoms with Gasteiger partial charge in [-0.25, -0.2) is 9.37 Å². The van der Waals surface area contributed by atoms with Crippen LogP contribution in [0.25, 0.3) is 10.2 Å². The van der Waals surface area contributed by atoms with Crippen LogP contribution >= 0.6 is 11.3 Å². The second-order valence-corrected chi connectivity index (χ2v) is 4.94. The van der Waals surface area contributed by atoms with Gasteiger partial charge in [0, 0.05) is 19.9 Å². The molecule has 0 fully saturated rings. The SMILES string of the molecule is CC(=O)NCCC(=O)Nc1nc2ccc(F)cc2s1. The summed E-state index contributed by atoms with van der Waals surface area (Å²) in [5.74, 6) is -0.753. The molecule has 2 amide bonds. The van der Waals surface area contributed by atoms with Crippen LogP contribution in [0.4, 0.5) is 9.52 Å². The fraction of sp³-hybridized carbons (Fsp3) is 0.250. The predicted molar refractivity (Wildman–Crippen MR) is 71.5 cm³/mol. The van der Waals surface area contributed by atoms with Crippen LogP contribution in [0.1, 0.15) is 13.3 Å². The summed E-state index contributed by atoms with van der Waals surface area (Å²) >= 11 is 1.21. The first kappa shape index (κ1) is 13.4. The van der Waals surface area contributed by atoms with Crippen LogP contribution in [0, 0.1) is 5.82 Å². The zero-order chi connectivity index (χ0) is 13.8. The van der Waals surface area contributed by atoms with E-state index in [0.717, 1.165) is 0 Å². The van der Waals surface area contributed by atoms with Crippen molar-refractivity contribution in [2.75, 3.05) is 11.9 Å². The zero-order valence-electron chi connectivity index (χ0n) is 10.2. The van der Waals surface area contributed by atoms with E-state index in [1.165, 1.54) is 30.4 Å². The minimum absolute atomic E-state index is 0.171. The molecule has 5 nitrogen and oxygen atoms in total. The molecule has 0 saturated carbocycles. The molecule has 1 aromatic carbocycles. The Labute approximate surface area is 112 Å². The number of hydrogen-bond acceptors (Lipinski definition) is 4. The number of anilines is 1. The number of carbonyl (C=O) groups excluding carboxylic acids is 2. The van der Waals surface area contributed by atoms with Gasteiger partial charge in [0.2, 0.25) is 11.8 Å². The lowest BCUT2D eigenvalue weighted by atomic mass is 10.3. The number of aromatic nitrogens is 1. The number of halogens is 1. The topological polar surface area (TPSA) is 71.1 Å². The van der Waals surface area contributed by atoms with Crippen LogP contribution in [-0.2, 0) is 9.59 Å². The molecule has 2 N–H and O–H groups in total. The van der Waals surface area contributed by atoms with Gasteiger partial charge in [-0.1, -0.05) is 11.3 Å². The summed E-state index contributed by atoms with van der Waals surface area (Å²) in [4.78, 5) is 26.4. The summed E-state index contributed by atoms with van der Waals surface area (Å²) < 4.78 is 13.7. The Morgan fingerprint density at radius 1 is 1.42 bits per heavy atom. The molecule has 0 radical (unpaired) electrons. The van der Waals surface area contributed by atoms with E-state index in [4.69, 9.17) is 0 Å². The zero-order valence-corrected chi connectivity index (χ0v) is 11.0. The third-order valence-corrected chi connectivity index (χ3v) is 3.26. The third kappa shape index (κ3) is 3.72. The number of fused-ring (bicyclic) bond motifs is 1. The molecule has 100 valence electrons. The summed E-state index contributed by atoms with van der Waals surface area (Å²) in [5.41, 5.74) is 0.642. The van der Waals surface area contributed by atoms with E-state index < -0.39 is 0 Å². The van der Waals surface area contributed by atoms with Gasteiger partial charge in [-0.15, -0.1) is 0 Å². The average Bonchev–Trinajstić information content (AvgIpc) is 2.69. The number of nitrogens with one attached hydrogen (secondary N) is 2. The number of nitrogens with zero attached hydrogens (tertiary/aromatic N) is 1. The Morgan fingerprint density at radius 2 is 2.21 bits per heavy atom. The molecule has 0 saturated heterocycles. The highest BCUT2D eigenvalue weighted by Crippen LogP contribution is 2.26. The molecule has 0 aliphatic carbocycles. The normalized spacial score (nSPS) is 10.4. The fourth-order valence-corrected chi connectivity index (χ4v) is 2.39. The van der Waals surface area contributed by atoms with Gasteiger partial charge in [0.1, 0.15) is 5.82 Å². The molecular weight excluding hydrogens is 269 g/mol. The van der Waals surface area contributed by atoms with Crippen molar-refractivity contribution in [1.29, 1.82) is 0 Å². The van der Waals surface area contributed by atoms with Crippen molar-refractivity contribution in [3.63, 3.8) is 0 Å². The molecule has 2 rings (SSSR count). The first-order valence-corrected chi connectivity index (χ1v) is 6.46. The highest BCUT2D eigenvalue weighted by atomic mass is 32.1. The molecule has 0 bridgehead atoms. The number of carbonyl (C=O) groups is 2. The lowest BCUT2D eigenvalue weighted by Crippen LogP contribution is -2.25. The van der Waals surface area contributed by atoms with Gasteiger partial charge in [0.05, 0.1) is 10.2 Å². The molecule has 1 aromatic heterocycles. The minimum atomic E-state index is -0.334. The van der Waals surface area contributed by atoms with Crippen molar-refractivity contribution in [1.82, 2.24) is 10.3 Å². The molecule has 0 unspecified atom stereocenters. The number of amides is 2. The van der Waals surface area contributed by atoms with Crippen molar-refractivity contribution in [2.24, 2.45) is 0 Å². The highest BCUT2D eigenvalue weighted by molar-refractivity contribution is 7.22. The van der Waals surface area contributed by atoms with E-state index in [1.54, 1.807) is 6.07 Å². The van der Waals surface area contributed by atoms with Crippen molar-refractivity contribution in [2.45, 2.75) is 13.3 Å². The van der Waals surface area contributed by atoms with E-state index in [1.807, 2.05) is 0 Å². The van der Waals surface area contributed by atoms with Gasteiger partial charge in [-0.05, 0) is 18.2 Å². The van der Waals surface area contributed by atoms with Crippen LogP contribution in [0.15, 0.2) is 18.2 Å². The maximum atomic E-state index is 13.0. The van der Waals surface area contributed by atoms with Gasteiger partial charge >= 0.3 is 0 Å². The van der Waals surface area contributed by atoms with Crippen LogP contribution in [0.5, 0.6) is 0 Å². The second-order valence-electron chi connectivity index (χ2n) is 3.91. The van der Waals surface area contributed by atoms with Crippen LogP contribution in [0.2, 0.25) is 0 Å². The molecule has 0 spiro atoms. The van der Waals surface area contributed by atoms with E-state index >= 15 is 0 Å². The Kier molecular flexibility index (Phi) is 4.06. The lowest BCUT2D eigenvalue weighted by Gasteiger charge is -2.01. The first-order chi connectivity index (χ1) is 9.04. The number of benzene rings is 1. The summed E-state index contributed by atoms with van der Waals surface area (Å²) in [7, 11) is 0. The summed E-state index contributed by atoms with van der Waals surface area (Å²) in [6.45, 7) is 1.67. The van der Waals surface area contributed by atoms with Gasteiger partial charge in [-0.3, -0.25) is 9.59 Å². The van der Waals surface area contributed by atoms with E-state index in [2.05, 4.69) is 15.6 Å². The Bertz CT molecular complexity index is 626. The molecule has 2 aromatic rings. The molecule has 0 aliphatic heterocycles. The molecule has 0 atom stereocenters. The van der Waals surface area contributed by atoms with Crippen LogP contribution in [0.3, 0.4) is 0 Å². The van der Waals surface area contributed by atoms with Crippen molar-refractivity contribution >= 4 is 38.5 Å². The minimum Gasteiger partial charge on any atom is -0.356 e.